The molecule has 3 rings (SSSR count). The second-order valence-corrected chi connectivity index (χ2v) is 3.28. The van der Waals surface area contributed by atoms with Gasteiger partial charge >= 0.3 is 0 Å². The van der Waals surface area contributed by atoms with Gasteiger partial charge in [-0.05, 0) is 21.9 Å². The third-order valence-electron chi connectivity index (χ3n) is 1.67. The summed E-state index contributed by atoms with van der Waals surface area (Å²) >= 11 is 1.63. The summed E-state index contributed by atoms with van der Waals surface area (Å²) in [5, 5.41) is 18.2. The van der Waals surface area contributed by atoms with Gasteiger partial charge in [-0.15, -0.1) is 21.1 Å². The minimum absolute atomic E-state index is 0.716. The van der Waals surface area contributed by atoms with Gasteiger partial charge in [-0.2, -0.15) is 5.10 Å². The number of nitrogens with zero attached hydrogens (tertiary/aromatic N) is 5. The van der Waals surface area contributed by atoms with Gasteiger partial charge in [0.05, 0.1) is 10.9 Å². The van der Waals surface area contributed by atoms with Gasteiger partial charge in [0.15, 0.2) is 0 Å². The Balaban J connectivity index is 2.71. The molecule has 0 atom stereocenters. The molecule has 0 aromatic carbocycles. The van der Waals surface area contributed by atoms with Crippen LogP contribution in [0.5, 0.6) is 0 Å². The lowest BCUT2D eigenvalue weighted by atomic mass is 10.4. The van der Waals surface area contributed by atoms with Crippen LogP contribution in [-0.2, 0) is 0 Å². The fraction of sp³-hybridized carbons (Fsp3) is 0. The molecule has 0 aliphatic heterocycles. The second-order valence-electron chi connectivity index (χ2n) is 2.34. The van der Waals surface area contributed by atoms with Crippen LogP contribution >= 0.6 is 11.3 Å². The second kappa shape index (κ2) is 1.98. The molecule has 3 aromatic rings. The number of fused-ring (bicyclic) bond motifs is 3. The molecule has 0 saturated heterocycles. The van der Waals surface area contributed by atoms with E-state index in [1.54, 1.807) is 17.5 Å². The summed E-state index contributed by atoms with van der Waals surface area (Å²) in [5.41, 5.74) is 0.716. The van der Waals surface area contributed by atoms with Crippen molar-refractivity contribution in [3.8, 4) is 0 Å². The molecule has 0 radical (unpaired) electrons. The summed E-state index contributed by atoms with van der Waals surface area (Å²) in [6.45, 7) is 0. The predicted octanol–water partition coefficient (Wildman–Crippen LogP) is 0.734. The molecule has 58 valence electrons. The first-order chi connectivity index (χ1) is 5.95. The van der Waals surface area contributed by atoms with Crippen LogP contribution in [0.4, 0.5) is 0 Å². The number of rotatable bonds is 0. The highest BCUT2D eigenvalue weighted by atomic mass is 32.1. The van der Waals surface area contributed by atoms with Gasteiger partial charge in [0.2, 0.25) is 5.65 Å². The molecule has 0 amide bonds. The van der Waals surface area contributed by atoms with Gasteiger partial charge < -0.3 is 0 Å². The lowest BCUT2D eigenvalue weighted by Crippen LogP contribution is -1.91. The minimum atomic E-state index is 0.716. The average Bonchev–Trinajstić information content (AvgIpc) is 2.71. The van der Waals surface area contributed by atoms with E-state index < -0.39 is 0 Å². The van der Waals surface area contributed by atoms with E-state index in [2.05, 4.69) is 20.6 Å². The molecule has 3 heterocycles. The van der Waals surface area contributed by atoms with E-state index in [9.17, 15) is 0 Å². The summed E-state index contributed by atoms with van der Waals surface area (Å²) in [4.78, 5) is 0. The van der Waals surface area contributed by atoms with Crippen molar-refractivity contribution < 1.29 is 0 Å². The van der Waals surface area contributed by atoms with Crippen LogP contribution < -0.4 is 0 Å². The van der Waals surface area contributed by atoms with Gasteiger partial charge in [-0.3, -0.25) is 0 Å². The largest absolute Gasteiger partial charge is 0.208 e. The van der Waals surface area contributed by atoms with E-state index in [0.29, 0.717) is 5.65 Å². The van der Waals surface area contributed by atoms with Crippen LogP contribution in [-0.4, -0.2) is 25.3 Å². The lowest BCUT2D eigenvalue weighted by Gasteiger charge is -1.88. The third kappa shape index (κ3) is 0.620. The van der Waals surface area contributed by atoms with Gasteiger partial charge in [0, 0.05) is 5.39 Å². The van der Waals surface area contributed by atoms with E-state index >= 15 is 0 Å². The van der Waals surface area contributed by atoms with E-state index in [4.69, 9.17) is 0 Å². The maximum Gasteiger partial charge on any atom is 0.208 e. The SMILES string of the molecule is c1cc2c(cnn3nnnc23)s1. The lowest BCUT2D eigenvalue weighted by molar-refractivity contribution is 0.736. The van der Waals surface area contributed by atoms with Crippen LogP contribution in [0.15, 0.2) is 17.6 Å². The van der Waals surface area contributed by atoms with Crippen LogP contribution in [0.3, 0.4) is 0 Å². The average molecular weight is 177 g/mol. The Morgan fingerprint density at radius 2 is 2.42 bits per heavy atom. The zero-order valence-corrected chi connectivity index (χ0v) is 6.69. The maximum absolute atomic E-state index is 4.03. The molecule has 5 nitrogen and oxygen atoms in total. The number of tetrazole rings is 1. The number of hydrogen-bond acceptors (Lipinski definition) is 5. The molecular weight excluding hydrogens is 174 g/mol. The van der Waals surface area contributed by atoms with Crippen molar-refractivity contribution in [2.75, 3.05) is 0 Å². The van der Waals surface area contributed by atoms with Crippen LogP contribution in [0, 0.1) is 0 Å². The first-order valence-corrected chi connectivity index (χ1v) is 4.24. The number of aromatic nitrogens is 5. The fourth-order valence-corrected chi connectivity index (χ4v) is 1.88. The molecule has 0 unspecified atom stereocenters. The molecule has 12 heavy (non-hydrogen) atoms. The Kier molecular flexibility index (Phi) is 0.991. The van der Waals surface area contributed by atoms with Gasteiger partial charge in [-0.1, -0.05) is 0 Å². The Morgan fingerprint density at radius 3 is 3.42 bits per heavy atom. The standard InChI is InChI=1S/C6H3N5S/c1-2-12-5-3-7-11-6(4(1)5)8-9-10-11/h1-3H. The van der Waals surface area contributed by atoms with Crippen molar-refractivity contribution in [2.45, 2.75) is 0 Å². The van der Waals surface area contributed by atoms with Crippen molar-refractivity contribution in [3.63, 3.8) is 0 Å². The number of hydrogen-bond donors (Lipinski definition) is 0. The molecule has 0 saturated carbocycles. The Labute approximate surface area is 70.6 Å². The van der Waals surface area contributed by atoms with Crippen molar-refractivity contribution in [2.24, 2.45) is 0 Å². The molecule has 0 spiro atoms. The summed E-state index contributed by atoms with van der Waals surface area (Å²) in [6, 6.07) is 1.99. The van der Waals surface area contributed by atoms with Crippen molar-refractivity contribution in [1.29, 1.82) is 0 Å². The third-order valence-corrected chi connectivity index (χ3v) is 2.53. The van der Waals surface area contributed by atoms with Gasteiger partial charge in [-0.25, -0.2) is 0 Å². The summed E-state index contributed by atoms with van der Waals surface area (Å²) in [5.74, 6) is 0. The first-order valence-electron chi connectivity index (χ1n) is 3.36. The molecule has 0 N–H and O–H groups in total. The highest BCUT2D eigenvalue weighted by Crippen LogP contribution is 2.21. The molecule has 0 aliphatic rings. The summed E-state index contributed by atoms with van der Waals surface area (Å²) in [7, 11) is 0. The van der Waals surface area contributed by atoms with Crippen LogP contribution in [0.1, 0.15) is 0 Å². The fourth-order valence-electron chi connectivity index (χ4n) is 1.13. The van der Waals surface area contributed by atoms with Crippen molar-refractivity contribution in [3.05, 3.63) is 17.6 Å². The quantitative estimate of drug-likeness (QED) is 0.508. The van der Waals surface area contributed by atoms with Crippen molar-refractivity contribution >= 4 is 27.1 Å². The molecule has 6 heteroatoms. The summed E-state index contributed by atoms with van der Waals surface area (Å²) < 4.78 is 2.53. The van der Waals surface area contributed by atoms with E-state index in [0.717, 1.165) is 10.1 Å². The Bertz CT molecular complexity index is 489. The molecule has 0 aliphatic carbocycles. The molecular formula is C6H3N5S. The monoisotopic (exact) mass is 177 g/mol. The van der Waals surface area contributed by atoms with Crippen LogP contribution in [0.25, 0.3) is 15.7 Å². The summed E-state index contributed by atoms with van der Waals surface area (Å²) in [6.07, 6.45) is 1.77. The highest BCUT2D eigenvalue weighted by Gasteiger charge is 2.04. The van der Waals surface area contributed by atoms with E-state index in [1.807, 2.05) is 11.4 Å². The number of thiophene rings is 1. The smallest absolute Gasteiger partial charge is 0.154 e. The van der Waals surface area contributed by atoms with E-state index in [1.165, 1.54) is 4.63 Å². The minimum Gasteiger partial charge on any atom is -0.154 e. The normalized spacial score (nSPS) is 11.3. The van der Waals surface area contributed by atoms with Crippen molar-refractivity contribution in [1.82, 2.24) is 25.3 Å². The zero-order valence-electron chi connectivity index (χ0n) is 5.88. The topological polar surface area (TPSA) is 56.0 Å². The van der Waals surface area contributed by atoms with Gasteiger partial charge in [0.25, 0.3) is 0 Å². The Morgan fingerprint density at radius 1 is 1.42 bits per heavy atom. The predicted molar refractivity (Wildman–Crippen MR) is 44.0 cm³/mol. The van der Waals surface area contributed by atoms with E-state index in [-0.39, 0.29) is 0 Å². The Hall–Kier alpha value is -1.56. The van der Waals surface area contributed by atoms with Gasteiger partial charge in [0.1, 0.15) is 0 Å². The molecule has 0 bridgehead atoms. The molecule has 3 aromatic heterocycles. The zero-order chi connectivity index (χ0) is 7.97. The maximum atomic E-state index is 4.03. The van der Waals surface area contributed by atoms with Crippen LogP contribution in [0.2, 0.25) is 0 Å². The highest BCUT2D eigenvalue weighted by molar-refractivity contribution is 7.17. The molecule has 0 fully saturated rings. The first kappa shape index (κ1) is 6.01.